The summed E-state index contributed by atoms with van der Waals surface area (Å²) in [7, 11) is 4.83. The fraction of sp³-hybridized carbons (Fsp3) is 0.444. The molecule has 0 bridgehead atoms. The molecule has 0 atom stereocenters. The number of benzene rings is 1. The van der Waals surface area contributed by atoms with Crippen LogP contribution in [-0.4, -0.2) is 60.2 Å². The van der Waals surface area contributed by atoms with Crippen molar-refractivity contribution in [2.45, 2.75) is 58.7 Å². The minimum atomic E-state index is -0.600. The summed E-state index contributed by atoms with van der Waals surface area (Å²) in [6.07, 6.45) is 7.81. The van der Waals surface area contributed by atoms with Crippen LogP contribution in [0.1, 0.15) is 55.9 Å². The Morgan fingerprint density at radius 2 is 1.80 bits per heavy atom. The van der Waals surface area contributed by atoms with Crippen molar-refractivity contribution >= 4 is 18.1 Å². The molecule has 2 aromatic rings. The van der Waals surface area contributed by atoms with Crippen molar-refractivity contribution in [1.82, 2.24) is 14.8 Å². The maximum absolute atomic E-state index is 12.6. The van der Waals surface area contributed by atoms with Crippen LogP contribution >= 0.6 is 0 Å². The molecular weight excluding hydrogens is 446 g/mol. The van der Waals surface area contributed by atoms with Crippen LogP contribution in [0.4, 0.5) is 4.79 Å². The van der Waals surface area contributed by atoms with Crippen molar-refractivity contribution in [2.75, 3.05) is 21.3 Å². The minimum absolute atomic E-state index is 0.218. The highest BCUT2D eigenvalue weighted by Gasteiger charge is 2.28. The predicted molar refractivity (Wildman–Crippen MR) is 134 cm³/mol. The Labute approximate surface area is 207 Å². The lowest BCUT2D eigenvalue weighted by atomic mass is 9.94. The monoisotopic (exact) mass is 481 g/mol. The van der Waals surface area contributed by atoms with Crippen LogP contribution in [0, 0.1) is 6.92 Å². The first-order valence-electron chi connectivity index (χ1n) is 11.6. The van der Waals surface area contributed by atoms with Crippen LogP contribution in [0.15, 0.2) is 36.8 Å². The van der Waals surface area contributed by atoms with Gasteiger partial charge in [0.25, 0.3) is 0 Å². The summed E-state index contributed by atoms with van der Waals surface area (Å²) in [6, 6.07) is 5.96. The molecule has 8 heteroatoms. The molecule has 8 nitrogen and oxygen atoms in total. The van der Waals surface area contributed by atoms with E-state index in [1.54, 1.807) is 38.6 Å². The van der Waals surface area contributed by atoms with Crippen molar-refractivity contribution in [2.24, 2.45) is 0 Å². The molecule has 0 radical (unpaired) electrons. The first kappa shape index (κ1) is 26.1. The zero-order valence-electron chi connectivity index (χ0n) is 21.6. The van der Waals surface area contributed by atoms with E-state index in [0.29, 0.717) is 17.1 Å². The summed E-state index contributed by atoms with van der Waals surface area (Å²) in [5.41, 5.74) is 3.73. The maximum Gasteiger partial charge on any atom is 0.410 e. The molecule has 1 fully saturated rings. The minimum Gasteiger partial charge on any atom is -0.496 e. The molecule has 188 valence electrons. The Balaban J connectivity index is 2.07. The van der Waals surface area contributed by atoms with Crippen LogP contribution in [0.25, 0.3) is 5.57 Å². The van der Waals surface area contributed by atoms with Crippen LogP contribution in [-0.2, 0) is 16.1 Å². The van der Waals surface area contributed by atoms with Gasteiger partial charge >= 0.3 is 6.09 Å². The second kappa shape index (κ2) is 10.8. The Kier molecular flexibility index (Phi) is 8.04. The van der Waals surface area contributed by atoms with E-state index in [2.05, 4.69) is 4.98 Å². The topological polar surface area (TPSA) is 81.2 Å². The second-order valence-electron chi connectivity index (χ2n) is 9.71. The van der Waals surface area contributed by atoms with Crippen LogP contribution in [0.3, 0.4) is 0 Å². The highest BCUT2D eigenvalue weighted by molar-refractivity contribution is 5.83. The van der Waals surface area contributed by atoms with Gasteiger partial charge in [-0.1, -0.05) is 0 Å². The van der Waals surface area contributed by atoms with Gasteiger partial charge in [-0.15, -0.1) is 0 Å². The van der Waals surface area contributed by atoms with Gasteiger partial charge in [0.15, 0.2) is 0 Å². The number of carbonyl (C=O) groups excluding carboxylic acids is 2. The van der Waals surface area contributed by atoms with Gasteiger partial charge < -0.3 is 24.0 Å². The molecule has 1 heterocycles. The van der Waals surface area contributed by atoms with Crippen LogP contribution in [0.5, 0.6) is 11.5 Å². The zero-order valence-corrected chi connectivity index (χ0v) is 21.6. The van der Waals surface area contributed by atoms with E-state index in [1.807, 2.05) is 52.1 Å². The summed E-state index contributed by atoms with van der Waals surface area (Å²) in [6.45, 7) is 7.70. The van der Waals surface area contributed by atoms with Crippen molar-refractivity contribution in [3.63, 3.8) is 0 Å². The third-order valence-electron chi connectivity index (χ3n) is 5.70. The molecular formula is C27H35N3O5. The summed E-state index contributed by atoms with van der Waals surface area (Å²) < 4.78 is 17.0. The number of hydrogen-bond acceptors (Lipinski definition) is 6. The molecule has 2 amide bonds. The third-order valence-corrected chi connectivity index (χ3v) is 5.70. The Morgan fingerprint density at radius 3 is 2.29 bits per heavy atom. The second-order valence-corrected chi connectivity index (χ2v) is 9.71. The van der Waals surface area contributed by atoms with Crippen LogP contribution in [0.2, 0.25) is 0 Å². The standard InChI is InChI=1S/C27H35N3O5/c1-18-14-28-11-10-21(18)22(16-30(17-31)20-8-9-20)19-12-24(33-6)23(25(13-19)34-7)15-29(5)26(32)35-27(2,3)4/h10-14,16-17,20H,8-9,15H2,1-7H3/b22-16-. The van der Waals surface area contributed by atoms with E-state index in [9.17, 15) is 9.59 Å². The van der Waals surface area contributed by atoms with E-state index in [1.165, 1.54) is 4.90 Å². The highest BCUT2D eigenvalue weighted by Crippen LogP contribution is 2.38. The fourth-order valence-corrected chi connectivity index (χ4v) is 3.76. The summed E-state index contributed by atoms with van der Waals surface area (Å²) in [5.74, 6) is 1.13. The molecule has 1 aliphatic rings. The maximum atomic E-state index is 12.6. The Hall–Kier alpha value is -3.55. The number of ether oxygens (including phenoxy) is 3. The Bertz CT molecular complexity index is 1080. The summed E-state index contributed by atoms with van der Waals surface area (Å²) in [4.78, 5) is 31.8. The molecule has 0 N–H and O–H groups in total. The van der Waals surface area contributed by atoms with Gasteiger partial charge in [-0.2, -0.15) is 0 Å². The number of aryl methyl sites for hydroxylation is 1. The van der Waals surface area contributed by atoms with Crippen molar-refractivity contribution < 1.29 is 23.8 Å². The molecule has 1 aliphatic carbocycles. The Morgan fingerprint density at radius 1 is 1.17 bits per heavy atom. The van der Waals surface area contributed by atoms with Crippen molar-refractivity contribution in [3.05, 3.63) is 59.0 Å². The molecule has 3 rings (SSSR count). The summed E-state index contributed by atoms with van der Waals surface area (Å²) in [5, 5.41) is 0. The lowest BCUT2D eigenvalue weighted by Crippen LogP contribution is -2.34. The first-order valence-corrected chi connectivity index (χ1v) is 11.6. The molecule has 0 saturated heterocycles. The number of nitrogens with zero attached hydrogens (tertiary/aromatic N) is 3. The predicted octanol–water partition coefficient (Wildman–Crippen LogP) is 4.78. The normalized spacial score (nSPS) is 13.7. The van der Waals surface area contributed by atoms with Gasteiger partial charge in [-0.05, 0) is 75.4 Å². The molecule has 1 aromatic carbocycles. The number of methoxy groups -OCH3 is 2. The summed E-state index contributed by atoms with van der Waals surface area (Å²) >= 11 is 0. The quantitative estimate of drug-likeness (QED) is 0.479. The molecule has 1 aromatic heterocycles. The van der Waals surface area contributed by atoms with Crippen molar-refractivity contribution in [3.8, 4) is 11.5 Å². The van der Waals surface area contributed by atoms with E-state index >= 15 is 0 Å². The van der Waals surface area contributed by atoms with Gasteiger partial charge in [0.1, 0.15) is 17.1 Å². The zero-order chi connectivity index (χ0) is 25.8. The number of carbonyl (C=O) groups is 2. The van der Waals surface area contributed by atoms with Gasteiger partial charge in [0, 0.05) is 37.3 Å². The van der Waals surface area contributed by atoms with Gasteiger partial charge in [0.05, 0.1) is 26.3 Å². The number of pyridine rings is 1. The van der Waals surface area contributed by atoms with Gasteiger partial charge in [-0.25, -0.2) is 4.79 Å². The molecule has 35 heavy (non-hydrogen) atoms. The lowest BCUT2D eigenvalue weighted by Gasteiger charge is -2.26. The number of aromatic nitrogens is 1. The van der Waals surface area contributed by atoms with Crippen LogP contribution < -0.4 is 9.47 Å². The lowest BCUT2D eigenvalue weighted by molar-refractivity contribution is -0.116. The van der Waals surface area contributed by atoms with E-state index < -0.39 is 11.7 Å². The van der Waals surface area contributed by atoms with E-state index in [0.717, 1.165) is 41.5 Å². The van der Waals surface area contributed by atoms with E-state index in [4.69, 9.17) is 14.2 Å². The SMILES string of the molecule is COc1cc(/C(=C/N(C=O)C2CC2)c2ccncc2C)cc(OC)c1CN(C)C(=O)OC(C)(C)C. The number of rotatable bonds is 9. The van der Waals surface area contributed by atoms with Gasteiger partial charge in [0.2, 0.25) is 6.41 Å². The molecule has 0 aliphatic heterocycles. The average molecular weight is 482 g/mol. The van der Waals surface area contributed by atoms with Gasteiger partial charge in [-0.3, -0.25) is 9.78 Å². The average Bonchev–Trinajstić information content (AvgIpc) is 3.65. The smallest absolute Gasteiger partial charge is 0.410 e. The number of amides is 2. The molecule has 1 saturated carbocycles. The van der Waals surface area contributed by atoms with Crippen molar-refractivity contribution in [1.29, 1.82) is 0 Å². The number of hydrogen-bond donors (Lipinski definition) is 0. The first-order chi connectivity index (χ1) is 16.6. The largest absolute Gasteiger partial charge is 0.496 e. The molecule has 0 spiro atoms. The third kappa shape index (κ3) is 6.53. The van der Waals surface area contributed by atoms with E-state index in [-0.39, 0.29) is 12.6 Å². The molecule has 0 unspecified atom stereocenters. The highest BCUT2D eigenvalue weighted by atomic mass is 16.6. The fourth-order valence-electron chi connectivity index (χ4n) is 3.76.